The van der Waals surface area contributed by atoms with Gasteiger partial charge in [0.05, 0.1) is 25.0 Å². The third-order valence-corrected chi connectivity index (χ3v) is 3.39. The van der Waals surface area contributed by atoms with Gasteiger partial charge in [0.15, 0.2) is 0 Å². The van der Waals surface area contributed by atoms with Crippen molar-refractivity contribution in [2.45, 2.75) is 0 Å². The van der Waals surface area contributed by atoms with E-state index in [1.807, 2.05) is 0 Å². The van der Waals surface area contributed by atoms with Crippen molar-refractivity contribution < 1.29 is 22.7 Å². The van der Waals surface area contributed by atoms with Crippen LogP contribution in [0.5, 0.6) is 0 Å². The number of nitrogens with one attached hydrogen (secondary N) is 1. The standard InChI is InChI=1S/C11H15NO5S/c1-16-7-8-18(14,15)12-10-5-3-9(4-6-10)11(13)17-2/h3-6,12H,7-8H2,1-2H3. The number of sulfonamides is 1. The third-order valence-electron chi connectivity index (χ3n) is 2.14. The summed E-state index contributed by atoms with van der Waals surface area (Å²) < 4.78 is 34.7. The Balaban J connectivity index is 2.72. The molecule has 0 atom stereocenters. The van der Waals surface area contributed by atoms with Gasteiger partial charge in [0.2, 0.25) is 10.0 Å². The zero-order valence-electron chi connectivity index (χ0n) is 10.2. The van der Waals surface area contributed by atoms with E-state index in [0.29, 0.717) is 11.3 Å². The number of methoxy groups -OCH3 is 2. The Kier molecular flexibility index (Phi) is 5.11. The molecule has 0 spiro atoms. The topological polar surface area (TPSA) is 81.7 Å². The Labute approximate surface area is 106 Å². The highest BCUT2D eigenvalue weighted by Gasteiger charge is 2.10. The van der Waals surface area contributed by atoms with Crippen LogP contribution in [-0.4, -0.2) is 41.0 Å². The van der Waals surface area contributed by atoms with E-state index in [-0.39, 0.29) is 12.4 Å². The predicted molar refractivity (Wildman–Crippen MR) is 67.1 cm³/mol. The monoisotopic (exact) mass is 273 g/mol. The molecule has 1 aromatic carbocycles. The molecule has 1 aromatic rings. The maximum atomic E-state index is 11.6. The predicted octanol–water partition coefficient (Wildman–Crippen LogP) is 0.861. The molecule has 100 valence electrons. The van der Waals surface area contributed by atoms with E-state index >= 15 is 0 Å². The molecule has 1 N–H and O–H groups in total. The zero-order valence-corrected chi connectivity index (χ0v) is 11.0. The van der Waals surface area contributed by atoms with Crippen LogP contribution < -0.4 is 4.72 Å². The van der Waals surface area contributed by atoms with Crippen molar-refractivity contribution >= 4 is 21.7 Å². The second-order valence-electron chi connectivity index (χ2n) is 3.48. The molecule has 0 aliphatic heterocycles. The van der Waals surface area contributed by atoms with E-state index in [2.05, 4.69) is 9.46 Å². The SMILES string of the molecule is COCCS(=O)(=O)Nc1ccc(C(=O)OC)cc1. The highest BCUT2D eigenvalue weighted by Crippen LogP contribution is 2.12. The molecule has 0 saturated heterocycles. The molecular weight excluding hydrogens is 258 g/mol. The summed E-state index contributed by atoms with van der Waals surface area (Å²) in [5, 5.41) is 0. The summed E-state index contributed by atoms with van der Waals surface area (Å²) in [7, 11) is -0.714. The largest absolute Gasteiger partial charge is 0.465 e. The van der Waals surface area contributed by atoms with E-state index in [1.54, 1.807) is 0 Å². The van der Waals surface area contributed by atoms with E-state index in [1.165, 1.54) is 38.5 Å². The first-order valence-corrected chi connectivity index (χ1v) is 6.81. The van der Waals surface area contributed by atoms with Crippen LogP contribution in [0.1, 0.15) is 10.4 Å². The van der Waals surface area contributed by atoms with Crippen LogP contribution in [0.2, 0.25) is 0 Å². The first-order valence-electron chi connectivity index (χ1n) is 5.16. The number of esters is 1. The van der Waals surface area contributed by atoms with Crippen LogP contribution >= 0.6 is 0 Å². The highest BCUT2D eigenvalue weighted by atomic mass is 32.2. The van der Waals surface area contributed by atoms with Crippen LogP contribution in [0.3, 0.4) is 0 Å². The molecule has 0 amide bonds. The molecule has 0 fully saturated rings. The fourth-order valence-electron chi connectivity index (χ4n) is 1.22. The fourth-order valence-corrected chi connectivity index (χ4v) is 2.20. The normalized spacial score (nSPS) is 11.0. The van der Waals surface area contributed by atoms with Crippen LogP contribution in [0.4, 0.5) is 5.69 Å². The average molecular weight is 273 g/mol. The van der Waals surface area contributed by atoms with Crippen molar-refractivity contribution in [2.75, 3.05) is 31.3 Å². The second kappa shape index (κ2) is 6.36. The number of ether oxygens (including phenoxy) is 2. The van der Waals surface area contributed by atoms with Gasteiger partial charge in [-0.25, -0.2) is 13.2 Å². The van der Waals surface area contributed by atoms with Crippen LogP contribution in [0, 0.1) is 0 Å². The van der Waals surface area contributed by atoms with Crippen LogP contribution in [0.25, 0.3) is 0 Å². The number of rotatable bonds is 6. The number of carbonyl (C=O) groups excluding carboxylic acids is 1. The summed E-state index contributed by atoms with van der Waals surface area (Å²) >= 11 is 0. The van der Waals surface area contributed by atoms with Crippen molar-refractivity contribution in [1.29, 1.82) is 0 Å². The van der Waals surface area contributed by atoms with Gasteiger partial charge < -0.3 is 9.47 Å². The van der Waals surface area contributed by atoms with Crippen molar-refractivity contribution in [1.82, 2.24) is 0 Å². The Morgan fingerprint density at radius 3 is 2.33 bits per heavy atom. The average Bonchev–Trinajstić information content (AvgIpc) is 2.36. The minimum Gasteiger partial charge on any atom is -0.465 e. The number of anilines is 1. The first-order chi connectivity index (χ1) is 8.48. The van der Waals surface area contributed by atoms with Crippen molar-refractivity contribution in [3.8, 4) is 0 Å². The van der Waals surface area contributed by atoms with Crippen molar-refractivity contribution in [3.63, 3.8) is 0 Å². The van der Waals surface area contributed by atoms with E-state index in [4.69, 9.17) is 4.74 Å². The van der Waals surface area contributed by atoms with Gasteiger partial charge in [0, 0.05) is 12.8 Å². The zero-order chi connectivity index (χ0) is 13.6. The number of carbonyl (C=O) groups is 1. The summed E-state index contributed by atoms with van der Waals surface area (Å²) in [4.78, 5) is 11.2. The van der Waals surface area contributed by atoms with Gasteiger partial charge in [-0.2, -0.15) is 0 Å². The van der Waals surface area contributed by atoms with E-state index in [0.717, 1.165) is 0 Å². The summed E-state index contributed by atoms with van der Waals surface area (Å²) in [6.45, 7) is 0.121. The minimum atomic E-state index is -3.43. The fraction of sp³-hybridized carbons (Fsp3) is 0.364. The number of benzene rings is 1. The maximum Gasteiger partial charge on any atom is 0.337 e. The third kappa shape index (κ3) is 4.34. The lowest BCUT2D eigenvalue weighted by Gasteiger charge is -2.07. The Hall–Kier alpha value is -1.60. The molecule has 6 nitrogen and oxygen atoms in total. The Morgan fingerprint density at radius 2 is 1.83 bits per heavy atom. The van der Waals surface area contributed by atoms with Gasteiger partial charge in [0.25, 0.3) is 0 Å². The van der Waals surface area contributed by atoms with Gasteiger partial charge in [-0.1, -0.05) is 0 Å². The lowest BCUT2D eigenvalue weighted by atomic mass is 10.2. The van der Waals surface area contributed by atoms with E-state index < -0.39 is 16.0 Å². The number of hydrogen-bond donors (Lipinski definition) is 1. The summed E-state index contributed by atoms with van der Waals surface area (Å²) in [5.74, 6) is -0.591. The van der Waals surface area contributed by atoms with Crippen LogP contribution in [0.15, 0.2) is 24.3 Å². The lowest BCUT2D eigenvalue weighted by molar-refractivity contribution is 0.0601. The molecule has 0 aromatic heterocycles. The van der Waals surface area contributed by atoms with Gasteiger partial charge in [0.1, 0.15) is 0 Å². The molecular formula is C11H15NO5S. The molecule has 7 heteroatoms. The minimum absolute atomic E-state index is 0.121. The molecule has 18 heavy (non-hydrogen) atoms. The van der Waals surface area contributed by atoms with Crippen molar-refractivity contribution in [2.24, 2.45) is 0 Å². The summed E-state index contributed by atoms with van der Waals surface area (Å²) in [6, 6.07) is 5.97. The number of hydrogen-bond acceptors (Lipinski definition) is 5. The van der Waals surface area contributed by atoms with E-state index in [9.17, 15) is 13.2 Å². The maximum absolute atomic E-state index is 11.6. The lowest BCUT2D eigenvalue weighted by Crippen LogP contribution is -2.19. The quantitative estimate of drug-likeness (QED) is 0.777. The Morgan fingerprint density at radius 1 is 1.22 bits per heavy atom. The Bertz CT molecular complexity index is 495. The molecule has 0 saturated carbocycles. The molecule has 0 bridgehead atoms. The smallest absolute Gasteiger partial charge is 0.337 e. The van der Waals surface area contributed by atoms with Gasteiger partial charge in [-0.3, -0.25) is 4.72 Å². The van der Waals surface area contributed by atoms with Crippen molar-refractivity contribution in [3.05, 3.63) is 29.8 Å². The highest BCUT2D eigenvalue weighted by molar-refractivity contribution is 7.92. The molecule has 0 radical (unpaired) electrons. The van der Waals surface area contributed by atoms with Crippen LogP contribution in [-0.2, 0) is 19.5 Å². The molecule has 0 heterocycles. The first kappa shape index (κ1) is 14.5. The molecule has 0 unspecified atom stereocenters. The summed E-state index contributed by atoms with van der Waals surface area (Å²) in [6.07, 6.45) is 0. The molecule has 0 aliphatic carbocycles. The summed E-state index contributed by atoms with van der Waals surface area (Å²) in [5.41, 5.74) is 0.746. The molecule has 0 aliphatic rings. The second-order valence-corrected chi connectivity index (χ2v) is 5.32. The van der Waals surface area contributed by atoms with Gasteiger partial charge in [-0.15, -0.1) is 0 Å². The van der Waals surface area contributed by atoms with Gasteiger partial charge >= 0.3 is 5.97 Å². The van der Waals surface area contributed by atoms with Gasteiger partial charge in [-0.05, 0) is 24.3 Å². The molecule has 1 rings (SSSR count).